The van der Waals surface area contributed by atoms with Gasteiger partial charge in [0, 0.05) is 6.54 Å². The third kappa shape index (κ3) is 3.10. The third-order valence-corrected chi connectivity index (χ3v) is 4.49. The Morgan fingerprint density at radius 2 is 2.06 bits per heavy atom. The Kier molecular flexibility index (Phi) is 4.62. The molecule has 0 atom stereocenters. The first-order valence-corrected chi connectivity index (χ1v) is 7.35. The predicted octanol–water partition coefficient (Wildman–Crippen LogP) is 3.82. The van der Waals surface area contributed by atoms with Gasteiger partial charge >= 0.3 is 0 Å². The van der Waals surface area contributed by atoms with Crippen molar-refractivity contribution in [2.45, 2.75) is 65.2 Å². The molecule has 3 nitrogen and oxygen atoms in total. The Morgan fingerprint density at radius 1 is 1.35 bits per heavy atom. The average molecular weight is 301 g/mol. The van der Waals surface area contributed by atoms with Crippen LogP contribution in [0.5, 0.6) is 0 Å². The molecule has 2 rings (SSSR count). The van der Waals surface area contributed by atoms with Crippen molar-refractivity contribution in [3.05, 3.63) is 15.9 Å². The number of halogens is 1. The lowest BCUT2D eigenvalue weighted by molar-refractivity contribution is 0.0133. The van der Waals surface area contributed by atoms with Crippen molar-refractivity contribution in [2.24, 2.45) is 0 Å². The van der Waals surface area contributed by atoms with Crippen LogP contribution in [0.1, 0.15) is 50.4 Å². The summed E-state index contributed by atoms with van der Waals surface area (Å²) in [6.45, 7) is 5.72. The fourth-order valence-electron chi connectivity index (χ4n) is 2.44. The Hall–Kier alpha value is -0.350. The quantitative estimate of drug-likeness (QED) is 0.845. The summed E-state index contributed by atoms with van der Waals surface area (Å²) in [6.07, 6.45) is 6.90. The molecule has 0 unspecified atom stereocenters. The smallest absolute Gasteiger partial charge is 0.0900 e. The zero-order chi connectivity index (χ0) is 12.3. The summed E-state index contributed by atoms with van der Waals surface area (Å²) in [4.78, 5) is 0. The summed E-state index contributed by atoms with van der Waals surface area (Å²) in [6, 6.07) is 0. The lowest BCUT2D eigenvalue weighted by Crippen LogP contribution is -2.17. The van der Waals surface area contributed by atoms with E-state index in [9.17, 15) is 0 Å². The highest BCUT2D eigenvalue weighted by Gasteiger charge is 2.17. The topological polar surface area (TPSA) is 27.1 Å². The number of aryl methyl sites for hydroxylation is 2. The second kappa shape index (κ2) is 6.01. The molecule has 1 aliphatic rings. The van der Waals surface area contributed by atoms with Crippen LogP contribution < -0.4 is 0 Å². The van der Waals surface area contributed by atoms with Crippen LogP contribution in [-0.2, 0) is 17.9 Å². The van der Waals surface area contributed by atoms with E-state index in [2.05, 4.69) is 28.0 Å². The number of rotatable bonds is 4. The molecule has 0 aromatic carbocycles. The first-order chi connectivity index (χ1) is 8.22. The van der Waals surface area contributed by atoms with E-state index >= 15 is 0 Å². The molecule has 4 heteroatoms. The van der Waals surface area contributed by atoms with Gasteiger partial charge in [0.15, 0.2) is 0 Å². The second-order valence-electron chi connectivity index (χ2n) is 4.73. The summed E-state index contributed by atoms with van der Waals surface area (Å²) >= 11 is 3.60. The molecule has 96 valence electrons. The highest BCUT2D eigenvalue weighted by Crippen LogP contribution is 2.25. The van der Waals surface area contributed by atoms with Crippen molar-refractivity contribution in [2.75, 3.05) is 0 Å². The molecule has 0 N–H and O–H groups in total. The Labute approximate surface area is 112 Å². The van der Waals surface area contributed by atoms with Crippen molar-refractivity contribution in [3.63, 3.8) is 0 Å². The Balaban J connectivity index is 1.97. The van der Waals surface area contributed by atoms with Crippen LogP contribution in [-0.4, -0.2) is 15.9 Å². The molecule has 17 heavy (non-hydrogen) atoms. The molecule has 1 saturated carbocycles. The average Bonchev–Trinajstić information content (AvgIpc) is 2.64. The molecule has 0 saturated heterocycles. The predicted molar refractivity (Wildman–Crippen MR) is 72.0 cm³/mol. The van der Waals surface area contributed by atoms with E-state index in [4.69, 9.17) is 4.74 Å². The summed E-state index contributed by atoms with van der Waals surface area (Å²) in [5.41, 5.74) is 2.23. The molecule has 0 amide bonds. The van der Waals surface area contributed by atoms with Crippen molar-refractivity contribution in [1.29, 1.82) is 0 Å². The fourth-order valence-corrected chi connectivity index (χ4v) is 2.83. The van der Waals surface area contributed by atoms with Crippen LogP contribution in [0.25, 0.3) is 0 Å². The maximum Gasteiger partial charge on any atom is 0.0900 e. The molecule has 0 spiro atoms. The summed E-state index contributed by atoms with van der Waals surface area (Å²) in [5, 5.41) is 4.48. The SMILES string of the molecule is CCn1nc(C)c(Br)c1COC1CCCCC1. The first-order valence-electron chi connectivity index (χ1n) is 6.55. The maximum atomic E-state index is 6.01. The molecule has 1 fully saturated rings. The monoisotopic (exact) mass is 300 g/mol. The number of aromatic nitrogens is 2. The third-order valence-electron chi connectivity index (χ3n) is 3.46. The van der Waals surface area contributed by atoms with Crippen LogP contribution >= 0.6 is 15.9 Å². The molecule has 1 aliphatic carbocycles. The Bertz CT molecular complexity index is 370. The van der Waals surface area contributed by atoms with E-state index in [0.29, 0.717) is 12.7 Å². The Morgan fingerprint density at radius 3 is 2.71 bits per heavy atom. The van der Waals surface area contributed by atoms with Gasteiger partial charge in [-0.15, -0.1) is 0 Å². The lowest BCUT2D eigenvalue weighted by Gasteiger charge is -2.22. The molecule has 0 bridgehead atoms. The van der Waals surface area contributed by atoms with Crippen LogP contribution in [0.2, 0.25) is 0 Å². The van der Waals surface area contributed by atoms with Gasteiger partial charge in [-0.2, -0.15) is 5.10 Å². The van der Waals surface area contributed by atoms with E-state index in [1.54, 1.807) is 0 Å². The van der Waals surface area contributed by atoms with Crippen molar-refractivity contribution >= 4 is 15.9 Å². The number of hydrogen-bond donors (Lipinski definition) is 0. The van der Waals surface area contributed by atoms with Crippen molar-refractivity contribution in [3.8, 4) is 0 Å². The molecule has 1 aromatic heterocycles. The van der Waals surface area contributed by atoms with E-state index in [1.165, 1.54) is 37.8 Å². The van der Waals surface area contributed by atoms with Crippen LogP contribution in [0.3, 0.4) is 0 Å². The molecule has 0 radical (unpaired) electrons. The van der Waals surface area contributed by atoms with Crippen LogP contribution in [0.4, 0.5) is 0 Å². The number of hydrogen-bond acceptors (Lipinski definition) is 2. The van der Waals surface area contributed by atoms with E-state index in [0.717, 1.165) is 16.7 Å². The van der Waals surface area contributed by atoms with Gasteiger partial charge in [-0.3, -0.25) is 4.68 Å². The van der Waals surface area contributed by atoms with Gasteiger partial charge < -0.3 is 4.74 Å². The van der Waals surface area contributed by atoms with Gasteiger partial charge in [0.2, 0.25) is 0 Å². The van der Waals surface area contributed by atoms with Crippen LogP contribution in [0, 0.1) is 6.92 Å². The zero-order valence-electron chi connectivity index (χ0n) is 10.7. The van der Waals surface area contributed by atoms with Gasteiger partial charge in [0.05, 0.1) is 28.6 Å². The molecular formula is C13H21BrN2O. The number of ether oxygens (including phenoxy) is 1. The second-order valence-corrected chi connectivity index (χ2v) is 5.53. The minimum atomic E-state index is 0.455. The minimum Gasteiger partial charge on any atom is -0.372 e. The highest BCUT2D eigenvalue weighted by molar-refractivity contribution is 9.10. The molecule has 1 heterocycles. The van der Waals surface area contributed by atoms with Crippen LogP contribution in [0.15, 0.2) is 4.47 Å². The standard InChI is InChI=1S/C13H21BrN2O/c1-3-16-12(13(14)10(2)15-16)9-17-11-7-5-4-6-8-11/h11H,3-9H2,1-2H3. The minimum absolute atomic E-state index is 0.455. The van der Waals surface area contributed by atoms with Gasteiger partial charge in [0.1, 0.15) is 0 Å². The number of nitrogens with zero attached hydrogens (tertiary/aromatic N) is 2. The molecule has 0 aliphatic heterocycles. The van der Waals surface area contributed by atoms with E-state index in [1.807, 2.05) is 11.6 Å². The molecular weight excluding hydrogens is 280 g/mol. The first kappa shape index (κ1) is 13.1. The largest absolute Gasteiger partial charge is 0.372 e. The molecule has 1 aromatic rings. The normalized spacial score (nSPS) is 17.6. The van der Waals surface area contributed by atoms with Gasteiger partial charge in [-0.1, -0.05) is 19.3 Å². The summed E-state index contributed by atoms with van der Waals surface area (Å²) in [7, 11) is 0. The van der Waals surface area contributed by atoms with Crippen molar-refractivity contribution < 1.29 is 4.74 Å². The highest BCUT2D eigenvalue weighted by atomic mass is 79.9. The van der Waals surface area contributed by atoms with E-state index in [-0.39, 0.29) is 0 Å². The lowest BCUT2D eigenvalue weighted by atomic mass is 9.98. The fraction of sp³-hybridized carbons (Fsp3) is 0.769. The van der Waals surface area contributed by atoms with Gasteiger partial charge in [0.25, 0.3) is 0 Å². The summed E-state index contributed by atoms with van der Waals surface area (Å²) < 4.78 is 9.15. The van der Waals surface area contributed by atoms with Gasteiger partial charge in [-0.05, 0) is 42.6 Å². The van der Waals surface area contributed by atoms with Crippen molar-refractivity contribution in [1.82, 2.24) is 9.78 Å². The van der Waals surface area contributed by atoms with E-state index < -0.39 is 0 Å². The summed E-state index contributed by atoms with van der Waals surface area (Å²) in [5.74, 6) is 0. The van der Waals surface area contributed by atoms with Gasteiger partial charge in [-0.25, -0.2) is 0 Å². The zero-order valence-corrected chi connectivity index (χ0v) is 12.3. The maximum absolute atomic E-state index is 6.01.